The average molecular weight is 486 g/mol. The number of nitrogens with zero attached hydrogens (tertiary/aromatic N) is 5. The van der Waals surface area contributed by atoms with Crippen LogP contribution in [0.4, 0.5) is 26.2 Å². The van der Waals surface area contributed by atoms with E-state index in [1.54, 1.807) is 12.1 Å². The molecule has 0 aliphatic carbocycles. The summed E-state index contributed by atoms with van der Waals surface area (Å²) in [4.78, 5) is 16.2. The van der Waals surface area contributed by atoms with E-state index in [0.29, 0.717) is 48.9 Å². The summed E-state index contributed by atoms with van der Waals surface area (Å²) in [7, 11) is 0. The number of hydrogen-bond acceptors (Lipinski definition) is 5. The van der Waals surface area contributed by atoms with Crippen LogP contribution in [0.25, 0.3) is 5.57 Å². The summed E-state index contributed by atoms with van der Waals surface area (Å²) in [5.41, 5.74) is 2.03. The molecule has 0 bridgehead atoms. The van der Waals surface area contributed by atoms with Crippen molar-refractivity contribution >= 4 is 34.6 Å². The second kappa shape index (κ2) is 11.0. The Hall–Kier alpha value is -2.93. The molecule has 0 N–H and O–H groups in total. The van der Waals surface area contributed by atoms with E-state index in [0.717, 1.165) is 31.7 Å². The molecule has 4 rings (SSSR count). The molecule has 2 fully saturated rings. The molecule has 0 radical (unpaired) electrons. The van der Waals surface area contributed by atoms with E-state index in [-0.39, 0.29) is 16.9 Å². The maximum absolute atomic E-state index is 14.4. The first-order chi connectivity index (χ1) is 16.5. The summed E-state index contributed by atoms with van der Waals surface area (Å²) in [6.45, 7) is 7.88. The van der Waals surface area contributed by atoms with E-state index in [4.69, 9.17) is 21.6 Å². The largest absolute Gasteiger partial charge is 0.365 e. The fraction of sp³-hybridized carbons (Fsp3) is 0.385. The fourth-order valence-corrected chi connectivity index (χ4v) is 4.69. The highest BCUT2D eigenvalue weighted by atomic mass is 35.5. The first-order valence-electron chi connectivity index (χ1n) is 11.7. The number of piperazine rings is 1. The van der Waals surface area contributed by atoms with Gasteiger partial charge in [-0.2, -0.15) is 4.98 Å². The summed E-state index contributed by atoms with van der Waals surface area (Å²) in [5.74, 6) is 1.27. The Morgan fingerprint density at radius 1 is 1.09 bits per heavy atom. The lowest BCUT2D eigenvalue weighted by molar-refractivity contribution is 0.533. The SMILES string of the molecule is C\C=C/C(=C\C(Cl)=C\F)c1cc(N2CCN(c3ccccc3F)CC2C)nc(N2CCCC2)n1. The van der Waals surface area contributed by atoms with Crippen LogP contribution in [-0.4, -0.2) is 48.7 Å². The molecule has 0 saturated carbocycles. The van der Waals surface area contributed by atoms with Crippen molar-refractivity contribution in [2.24, 2.45) is 0 Å². The molecular weight excluding hydrogens is 456 g/mol. The van der Waals surface area contributed by atoms with Gasteiger partial charge in [0.05, 0.1) is 16.4 Å². The third kappa shape index (κ3) is 5.41. The fourth-order valence-electron chi connectivity index (χ4n) is 4.57. The zero-order valence-corrected chi connectivity index (χ0v) is 20.3. The molecule has 180 valence electrons. The minimum absolute atomic E-state index is 0.00264. The second-order valence-electron chi connectivity index (χ2n) is 8.64. The Balaban J connectivity index is 1.68. The monoisotopic (exact) mass is 485 g/mol. The first kappa shape index (κ1) is 24.2. The Bertz CT molecular complexity index is 1090. The van der Waals surface area contributed by atoms with Gasteiger partial charge in [0.2, 0.25) is 5.95 Å². The van der Waals surface area contributed by atoms with Gasteiger partial charge >= 0.3 is 0 Å². The molecule has 1 aromatic heterocycles. The topological polar surface area (TPSA) is 35.5 Å². The molecule has 2 aliphatic heterocycles. The number of para-hydroxylation sites is 1. The predicted octanol–water partition coefficient (Wildman–Crippen LogP) is 5.94. The van der Waals surface area contributed by atoms with Crippen LogP contribution >= 0.6 is 11.6 Å². The molecule has 8 heteroatoms. The Morgan fingerprint density at radius 2 is 1.85 bits per heavy atom. The maximum atomic E-state index is 14.4. The molecule has 5 nitrogen and oxygen atoms in total. The highest BCUT2D eigenvalue weighted by molar-refractivity contribution is 6.31. The number of halogens is 3. The number of rotatable bonds is 6. The Labute approximate surface area is 205 Å². The van der Waals surface area contributed by atoms with E-state index < -0.39 is 0 Å². The van der Waals surface area contributed by atoms with Crippen molar-refractivity contribution in [1.29, 1.82) is 0 Å². The van der Waals surface area contributed by atoms with Crippen LogP contribution in [0.2, 0.25) is 0 Å². The number of aromatic nitrogens is 2. The van der Waals surface area contributed by atoms with Gasteiger partial charge in [0.1, 0.15) is 18.0 Å². The van der Waals surface area contributed by atoms with Crippen molar-refractivity contribution < 1.29 is 8.78 Å². The van der Waals surface area contributed by atoms with Gasteiger partial charge in [-0.1, -0.05) is 35.9 Å². The third-order valence-corrected chi connectivity index (χ3v) is 6.44. The highest BCUT2D eigenvalue weighted by Gasteiger charge is 2.28. The number of allylic oxidation sites excluding steroid dienone is 5. The van der Waals surface area contributed by atoms with Gasteiger partial charge in [0.25, 0.3) is 0 Å². The molecule has 0 spiro atoms. The lowest BCUT2D eigenvalue weighted by atomic mass is 10.1. The van der Waals surface area contributed by atoms with Crippen LogP contribution in [0.1, 0.15) is 32.4 Å². The molecule has 3 heterocycles. The van der Waals surface area contributed by atoms with E-state index in [1.165, 1.54) is 6.07 Å². The van der Waals surface area contributed by atoms with Crippen molar-refractivity contribution in [2.45, 2.75) is 32.7 Å². The van der Waals surface area contributed by atoms with Gasteiger partial charge < -0.3 is 14.7 Å². The number of anilines is 3. The lowest BCUT2D eigenvalue weighted by Gasteiger charge is -2.42. The molecule has 2 aliphatic rings. The molecule has 1 aromatic carbocycles. The van der Waals surface area contributed by atoms with Crippen LogP contribution in [0, 0.1) is 5.82 Å². The van der Waals surface area contributed by atoms with Crippen molar-refractivity contribution in [3.63, 3.8) is 0 Å². The summed E-state index contributed by atoms with van der Waals surface area (Å²) in [6.07, 6.45) is 7.90. The minimum Gasteiger partial charge on any atom is -0.365 e. The van der Waals surface area contributed by atoms with Crippen molar-refractivity contribution in [3.8, 4) is 0 Å². The second-order valence-corrected chi connectivity index (χ2v) is 9.08. The van der Waals surface area contributed by atoms with Crippen molar-refractivity contribution in [1.82, 2.24) is 9.97 Å². The molecule has 2 saturated heterocycles. The molecule has 2 aromatic rings. The van der Waals surface area contributed by atoms with Crippen LogP contribution < -0.4 is 14.7 Å². The van der Waals surface area contributed by atoms with Crippen molar-refractivity contribution in [3.05, 3.63) is 71.4 Å². The van der Waals surface area contributed by atoms with Gasteiger partial charge in [0.15, 0.2) is 0 Å². The van der Waals surface area contributed by atoms with E-state index in [2.05, 4.69) is 21.6 Å². The Kier molecular flexibility index (Phi) is 7.83. The molecule has 34 heavy (non-hydrogen) atoms. The average Bonchev–Trinajstić information content (AvgIpc) is 3.39. The summed E-state index contributed by atoms with van der Waals surface area (Å²) < 4.78 is 27.4. The molecule has 0 amide bonds. The van der Waals surface area contributed by atoms with Crippen LogP contribution in [0.15, 0.2) is 59.9 Å². The smallest absolute Gasteiger partial charge is 0.227 e. The van der Waals surface area contributed by atoms with E-state index >= 15 is 0 Å². The number of hydrogen-bond donors (Lipinski definition) is 0. The standard InChI is InChI=1S/C26H30ClF2N5/c1-3-8-20(15-21(27)17-28)23-16-25(31-26(30-23)32-11-6-7-12-32)34-14-13-33(18-19(34)2)24-10-5-4-9-22(24)29/h3-5,8-10,15-17,19H,6-7,11-14,18H2,1-2H3/b8-3-,20-15+,21-17-. The van der Waals surface area contributed by atoms with Gasteiger partial charge in [-0.05, 0) is 44.9 Å². The van der Waals surface area contributed by atoms with Crippen LogP contribution in [-0.2, 0) is 0 Å². The summed E-state index contributed by atoms with van der Waals surface area (Å²) in [6, 6.07) is 8.93. The minimum atomic E-state index is -0.206. The molecule has 1 unspecified atom stereocenters. The van der Waals surface area contributed by atoms with Crippen LogP contribution in [0.5, 0.6) is 0 Å². The first-order valence-corrected chi connectivity index (χ1v) is 12.1. The van der Waals surface area contributed by atoms with E-state index in [1.807, 2.05) is 37.3 Å². The van der Waals surface area contributed by atoms with Gasteiger partial charge in [-0.15, -0.1) is 0 Å². The summed E-state index contributed by atoms with van der Waals surface area (Å²) >= 11 is 5.99. The quantitative estimate of drug-likeness (QED) is 0.473. The van der Waals surface area contributed by atoms with Gasteiger partial charge in [-0.25, -0.2) is 13.8 Å². The summed E-state index contributed by atoms with van der Waals surface area (Å²) in [5, 5.41) is 0.00264. The lowest BCUT2D eigenvalue weighted by Crippen LogP contribution is -2.52. The predicted molar refractivity (Wildman–Crippen MR) is 137 cm³/mol. The number of benzene rings is 1. The van der Waals surface area contributed by atoms with Crippen LogP contribution in [0.3, 0.4) is 0 Å². The molecular formula is C26H30ClF2N5. The highest BCUT2D eigenvalue weighted by Crippen LogP contribution is 2.30. The van der Waals surface area contributed by atoms with Gasteiger partial charge in [0, 0.05) is 50.4 Å². The third-order valence-electron chi connectivity index (χ3n) is 6.24. The molecule has 1 atom stereocenters. The maximum Gasteiger partial charge on any atom is 0.227 e. The Morgan fingerprint density at radius 3 is 2.53 bits per heavy atom. The van der Waals surface area contributed by atoms with Crippen molar-refractivity contribution in [2.75, 3.05) is 47.4 Å². The van der Waals surface area contributed by atoms with E-state index in [9.17, 15) is 8.78 Å². The normalized spacial score (nSPS) is 20.0. The zero-order chi connectivity index (χ0) is 24.1. The zero-order valence-electron chi connectivity index (χ0n) is 19.6. The van der Waals surface area contributed by atoms with Gasteiger partial charge in [-0.3, -0.25) is 0 Å².